The van der Waals surface area contributed by atoms with Crippen molar-refractivity contribution in [2.45, 2.75) is 0 Å². The zero-order valence-corrected chi connectivity index (χ0v) is 14.3. The number of H-pyrrole nitrogens is 1. The topological polar surface area (TPSA) is 73.3 Å². The molecule has 0 fully saturated rings. The minimum atomic E-state index is -0.548. The Balaban J connectivity index is 1.80. The van der Waals surface area contributed by atoms with E-state index in [1.54, 1.807) is 18.2 Å². The minimum Gasteiger partial charge on any atom is -0.507 e. The highest BCUT2D eigenvalue weighted by Gasteiger charge is 2.10. The fourth-order valence-corrected chi connectivity index (χ4v) is 3.26. The van der Waals surface area contributed by atoms with E-state index in [4.69, 9.17) is 11.6 Å². The normalized spacial score (nSPS) is 11.0. The van der Waals surface area contributed by atoms with Crippen LogP contribution in [0.2, 0.25) is 5.02 Å². The molecule has 0 aliphatic carbocycles. The van der Waals surface area contributed by atoms with Gasteiger partial charge >= 0.3 is 0 Å². The first kappa shape index (κ1) is 16.2. The van der Waals surface area contributed by atoms with Gasteiger partial charge in [-0.2, -0.15) is 0 Å². The summed E-state index contributed by atoms with van der Waals surface area (Å²) in [5.41, 5.74) is 3.34. The summed E-state index contributed by atoms with van der Waals surface area (Å²) in [5.74, 6) is -0.107. The van der Waals surface area contributed by atoms with Crippen molar-refractivity contribution in [3.8, 4) is 33.8 Å². The molecule has 0 radical (unpaired) electrons. The molecule has 3 N–H and O–H groups in total. The monoisotopic (exact) mass is 363 g/mol. The summed E-state index contributed by atoms with van der Waals surface area (Å²) in [6.07, 6.45) is 0. The van der Waals surface area contributed by atoms with Crippen LogP contribution < -0.4 is 5.56 Å². The Morgan fingerprint density at radius 3 is 2.12 bits per heavy atom. The van der Waals surface area contributed by atoms with Gasteiger partial charge in [0.2, 0.25) is 0 Å². The second-order valence-electron chi connectivity index (χ2n) is 6.00. The lowest BCUT2D eigenvalue weighted by Gasteiger charge is -2.09. The average Bonchev–Trinajstić information content (AvgIpc) is 2.63. The van der Waals surface area contributed by atoms with E-state index in [9.17, 15) is 15.0 Å². The number of hydrogen-bond donors (Lipinski definition) is 3. The fraction of sp³-hybridized carbons (Fsp3) is 0. The van der Waals surface area contributed by atoms with Gasteiger partial charge in [-0.1, -0.05) is 54.1 Å². The summed E-state index contributed by atoms with van der Waals surface area (Å²) >= 11 is 6.39. The number of hydrogen-bond acceptors (Lipinski definition) is 3. The Morgan fingerprint density at radius 2 is 1.42 bits per heavy atom. The Morgan fingerprint density at radius 1 is 0.769 bits per heavy atom. The number of nitrogens with one attached hydrogen (secondary N) is 1. The van der Waals surface area contributed by atoms with Crippen LogP contribution >= 0.6 is 11.6 Å². The molecular weight excluding hydrogens is 350 g/mol. The van der Waals surface area contributed by atoms with Gasteiger partial charge in [0, 0.05) is 16.5 Å². The van der Waals surface area contributed by atoms with E-state index in [0.717, 1.165) is 22.3 Å². The van der Waals surface area contributed by atoms with Crippen molar-refractivity contribution in [2.24, 2.45) is 0 Å². The van der Waals surface area contributed by atoms with Crippen LogP contribution in [-0.2, 0) is 0 Å². The highest BCUT2D eigenvalue weighted by Crippen LogP contribution is 2.34. The number of para-hydroxylation sites is 1. The van der Waals surface area contributed by atoms with Gasteiger partial charge in [0.1, 0.15) is 5.75 Å². The summed E-state index contributed by atoms with van der Waals surface area (Å²) in [6.45, 7) is 0. The predicted octanol–water partition coefficient (Wildman–Crippen LogP) is 4.93. The number of aromatic amines is 1. The Bertz CT molecular complexity index is 1180. The molecule has 4 rings (SSSR count). The predicted molar refractivity (Wildman–Crippen MR) is 104 cm³/mol. The van der Waals surface area contributed by atoms with Crippen molar-refractivity contribution >= 4 is 22.5 Å². The van der Waals surface area contributed by atoms with Crippen LogP contribution in [0.25, 0.3) is 33.2 Å². The molecule has 0 amide bonds. The van der Waals surface area contributed by atoms with Crippen molar-refractivity contribution in [2.75, 3.05) is 0 Å². The summed E-state index contributed by atoms with van der Waals surface area (Å²) in [7, 11) is 0. The third-order valence-corrected chi connectivity index (χ3v) is 4.64. The highest BCUT2D eigenvalue weighted by molar-refractivity contribution is 6.34. The van der Waals surface area contributed by atoms with Crippen LogP contribution in [0.3, 0.4) is 0 Å². The lowest BCUT2D eigenvalue weighted by Crippen LogP contribution is -2.04. The molecule has 4 nitrogen and oxygen atoms in total. The number of phenolic OH excluding ortho intramolecular Hbond substituents is 1. The molecule has 26 heavy (non-hydrogen) atoms. The largest absolute Gasteiger partial charge is 0.507 e. The van der Waals surface area contributed by atoms with E-state index >= 15 is 0 Å². The number of benzene rings is 3. The van der Waals surface area contributed by atoms with E-state index in [2.05, 4.69) is 4.98 Å². The summed E-state index contributed by atoms with van der Waals surface area (Å²) in [6, 6.07) is 19.7. The molecule has 128 valence electrons. The maximum atomic E-state index is 11.5. The Kier molecular flexibility index (Phi) is 3.90. The van der Waals surface area contributed by atoms with Crippen molar-refractivity contribution < 1.29 is 10.2 Å². The molecule has 0 saturated heterocycles. The first-order valence-electron chi connectivity index (χ1n) is 7.97. The van der Waals surface area contributed by atoms with Crippen LogP contribution in [0, 0.1) is 0 Å². The van der Waals surface area contributed by atoms with Gasteiger partial charge < -0.3 is 15.2 Å². The number of aromatic hydroxyl groups is 2. The number of halogens is 1. The second-order valence-corrected chi connectivity index (χ2v) is 6.40. The van der Waals surface area contributed by atoms with E-state index in [-0.39, 0.29) is 11.5 Å². The third-order valence-electron chi connectivity index (χ3n) is 4.32. The fourth-order valence-electron chi connectivity index (χ4n) is 2.99. The highest BCUT2D eigenvalue weighted by atomic mass is 35.5. The van der Waals surface area contributed by atoms with Gasteiger partial charge in [-0.3, -0.25) is 4.79 Å². The molecule has 1 heterocycles. The molecule has 0 atom stereocenters. The van der Waals surface area contributed by atoms with Crippen LogP contribution in [0.1, 0.15) is 0 Å². The molecule has 0 aliphatic rings. The molecule has 0 spiro atoms. The smallest absolute Gasteiger partial charge is 0.290 e. The molecular formula is C21H14ClNO3. The summed E-state index contributed by atoms with van der Waals surface area (Å²) < 4.78 is 0. The maximum Gasteiger partial charge on any atom is 0.290 e. The van der Waals surface area contributed by atoms with Crippen molar-refractivity contribution in [3.63, 3.8) is 0 Å². The molecule has 0 bridgehead atoms. The lowest BCUT2D eigenvalue weighted by molar-refractivity contribution is 0.468. The Hall–Kier alpha value is -3.24. The lowest BCUT2D eigenvalue weighted by atomic mass is 9.98. The van der Waals surface area contributed by atoms with Gasteiger partial charge in [-0.15, -0.1) is 0 Å². The van der Waals surface area contributed by atoms with E-state index < -0.39 is 5.56 Å². The van der Waals surface area contributed by atoms with E-state index in [0.29, 0.717) is 15.9 Å². The molecule has 4 aromatic rings. The number of aromatic nitrogens is 1. The van der Waals surface area contributed by atoms with Gasteiger partial charge in [0.05, 0.1) is 10.5 Å². The maximum absolute atomic E-state index is 11.5. The summed E-state index contributed by atoms with van der Waals surface area (Å²) in [4.78, 5) is 14.1. The standard InChI is InChI=1S/C21H14ClNO3/c22-17-11-18-14(10-20(25)21(26)23-18)9-16(17)13-7-5-12(6-8-13)15-3-1-2-4-19(15)24/h1-11,24-25H,(H,23,26). The number of rotatable bonds is 2. The van der Waals surface area contributed by atoms with Crippen LogP contribution in [0.4, 0.5) is 0 Å². The van der Waals surface area contributed by atoms with Crippen molar-refractivity contribution in [3.05, 3.63) is 82.1 Å². The van der Waals surface area contributed by atoms with Gasteiger partial charge in [-0.05, 0) is 35.4 Å². The molecule has 0 saturated carbocycles. The number of pyridine rings is 1. The molecule has 5 heteroatoms. The van der Waals surface area contributed by atoms with E-state index in [1.165, 1.54) is 6.07 Å². The van der Waals surface area contributed by atoms with Gasteiger partial charge in [0.15, 0.2) is 5.75 Å². The quantitative estimate of drug-likeness (QED) is 0.473. The van der Waals surface area contributed by atoms with Gasteiger partial charge in [0.25, 0.3) is 5.56 Å². The second kappa shape index (κ2) is 6.24. The summed E-state index contributed by atoms with van der Waals surface area (Å²) in [5, 5.41) is 20.8. The molecule has 0 unspecified atom stereocenters. The Labute approximate surface area is 154 Å². The third kappa shape index (κ3) is 2.80. The average molecular weight is 364 g/mol. The SMILES string of the molecule is O=c1[nH]c2cc(Cl)c(-c3ccc(-c4ccccc4O)cc3)cc2cc1O. The first-order chi connectivity index (χ1) is 12.5. The number of phenols is 1. The van der Waals surface area contributed by atoms with E-state index in [1.807, 2.05) is 42.5 Å². The van der Waals surface area contributed by atoms with Crippen LogP contribution in [0.5, 0.6) is 11.5 Å². The van der Waals surface area contributed by atoms with Gasteiger partial charge in [-0.25, -0.2) is 0 Å². The molecule has 3 aromatic carbocycles. The molecule has 0 aliphatic heterocycles. The molecule has 1 aromatic heterocycles. The van der Waals surface area contributed by atoms with Crippen LogP contribution in [-0.4, -0.2) is 15.2 Å². The number of fused-ring (bicyclic) bond motifs is 1. The first-order valence-corrected chi connectivity index (χ1v) is 8.35. The van der Waals surface area contributed by atoms with Crippen LogP contribution in [0.15, 0.2) is 71.5 Å². The van der Waals surface area contributed by atoms with Crippen molar-refractivity contribution in [1.29, 1.82) is 0 Å². The van der Waals surface area contributed by atoms with Crippen molar-refractivity contribution in [1.82, 2.24) is 4.98 Å². The zero-order valence-electron chi connectivity index (χ0n) is 13.5. The minimum absolute atomic E-state index is 0.225. The zero-order chi connectivity index (χ0) is 18.3.